The first kappa shape index (κ1) is 15.7. The van der Waals surface area contributed by atoms with Crippen LogP contribution in [-0.2, 0) is 11.2 Å². The van der Waals surface area contributed by atoms with Crippen LogP contribution in [-0.4, -0.2) is 36.1 Å². The molecule has 1 N–H and O–H groups in total. The molecule has 0 aromatic heterocycles. The molecule has 0 spiro atoms. The molecule has 0 aliphatic heterocycles. The summed E-state index contributed by atoms with van der Waals surface area (Å²) in [6, 6.07) is 8.70. The smallest absolute Gasteiger partial charge is 0.307 e. The molecule has 3 heteroatoms. The van der Waals surface area contributed by atoms with E-state index in [1.54, 1.807) is 6.92 Å². The Bertz CT molecular complexity index is 398. The van der Waals surface area contributed by atoms with Crippen LogP contribution in [0.3, 0.4) is 0 Å². The highest BCUT2D eigenvalue weighted by molar-refractivity contribution is 5.69. The highest BCUT2D eigenvalue weighted by atomic mass is 16.4. The number of carboxylic acids is 1. The predicted molar refractivity (Wildman–Crippen MR) is 78.5 cm³/mol. The van der Waals surface area contributed by atoms with E-state index in [4.69, 9.17) is 5.11 Å². The van der Waals surface area contributed by atoms with E-state index < -0.39 is 5.97 Å². The van der Waals surface area contributed by atoms with Crippen molar-refractivity contribution in [2.45, 2.75) is 33.1 Å². The Hall–Kier alpha value is -1.35. The van der Waals surface area contributed by atoms with Crippen molar-refractivity contribution < 1.29 is 9.90 Å². The highest BCUT2D eigenvalue weighted by Gasteiger charge is 2.13. The van der Waals surface area contributed by atoms with Crippen LogP contribution in [0.1, 0.15) is 37.8 Å². The van der Waals surface area contributed by atoms with Gasteiger partial charge in [0.25, 0.3) is 0 Å². The Morgan fingerprint density at radius 3 is 2.26 bits per heavy atom. The first-order valence-electron chi connectivity index (χ1n) is 6.90. The second-order valence-corrected chi connectivity index (χ2v) is 5.65. The second-order valence-electron chi connectivity index (χ2n) is 5.65. The van der Waals surface area contributed by atoms with E-state index in [0.29, 0.717) is 12.5 Å². The molecular formula is C16H25NO2. The largest absolute Gasteiger partial charge is 0.481 e. The average molecular weight is 263 g/mol. The molecule has 0 aliphatic carbocycles. The summed E-state index contributed by atoms with van der Waals surface area (Å²) < 4.78 is 0. The molecule has 0 amide bonds. The Kier molecular flexibility index (Phi) is 6.03. The van der Waals surface area contributed by atoms with E-state index in [1.165, 1.54) is 11.1 Å². The summed E-state index contributed by atoms with van der Waals surface area (Å²) in [5.74, 6) is -0.477. The van der Waals surface area contributed by atoms with Crippen molar-refractivity contribution in [2.24, 2.45) is 5.92 Å². The molecule has 19 heavy (non-hydrogen) atoms. The topological polar surface area (TPSA) is 40.5 Å². The molecule has 3 nitrogen and oxygen atoms in total. The molecule has 0 saturated carbocycles. The Balaban J connectivity index is 2.41. The molecule has 0 fully saturated rings. The number of benzene rings is 1. The first-order valence-corrected chi connectivity index (χ1v) is 6.90. The van der Waals surface area contributed by atoms with Gasteiger partial charge in [0.1, 0.15) is 0 Å². The summed E-state index contributed by atoms with van der Waals surface area (Å²) in [6.45, 7) is 7.61. The highest BCUT2D eigenvalue weighted by Crippen LogP contribution is 2.15. The van der Waals surface area contributed by atoms with Crippen LogP contribution in [0, 0.1) is 5.92 Å². The van der Waals surface area contributed by atoms with Gasteiger partial charge in [-0.1, -0.05) is 45.0 Å². The van der Waals surface area contributed by atoms with Crippen molar-refractivity contribution in [1.29, 1.82) is 0 Å². The molecule has 0 radical (unpaired) electrons. The number of hydrogen-bond donors (Lipinski definition) is 1. The summed E-state index contributed by atoms with van der Waals surface area (Å²) in [6.07, 6.45) is 0.960. The van der Waals surface area contributed by atoms with Crippen molar-refractivity contribution in [3.8, 4) is 0 Å². The maximum Gasteiger partial charge on any atom is 0.307 e. The van der Waals surface area contributed by atoms with Crippen LogP contribution in [0.4, 0.5) is 0 Å². The molecule has 1 aromatic carbocycles. The third kappa shape index (κ3) is 5.43. The normalized spacial score (nSPS) is 12.9. The van der Waals surface area contributed by atoms with Crippen LogP contribution in [0.15, 0.2) is 24.3 Å². The lowest BCUT2D eigenvalue weighted by Crippen LogP contribution is -2.30. The lowest BCUT2D eigenvalue weighted by atomic mass is 10.0. The minimum atomic E-state index is -0.729. The fraction of sp³-hybridized carbons (Fsp3) is 0.562. The van der Waals surface area contributed by atoms with E-state index in [1.807, 2.05) is 7.05 Å². The molecule has 1 rings (SSSR count). The summed E-state index contributed by atoms with van der Waals surface area (Å²) in [5, 5.41) is 8.87. The zero-order valence-electron chi connectivity index (χ0n) is 12.4. The molecule has 0 saturated heterocycles. The van der Waals surface area contributed by atoms with Crippen molar-refractivity contribution >= 4 is 5.97 Å². The number of carboxylic acid groups (broad SMARTS) is 1. The van der Waals surface area contributed by atoms with Gasteiger partial charge in [0, 0.05) is 13.1 Å². The molecule has 0 aliphatic rings. The summed E-state index contributed by atoms with van der Waals surface area (Å²) >= 11 is 0. The number of rotatable bonds is 7. The average Bonchev–Trinajstić information content (AvgIpc) is 2.36. The van der Waals surface area contributed by atoms with Gasteiger partial charge < -0.3 is 10.0 Å². The number of carbonyl (C=O) groups is 1. The van der Waals surface area contributed by atoms with E-state index >= 15 is 0 Å². The monoisotopic (exact) mass is 263 g/mol. The Labute approximate surface area is 116 Å². The van der Waals surface area contributed by atoms with Crippen LogP contribution in [0.2, 0.25) is 0 Å². The van der Waals surface area contributed by atoms with Gasteiger partial charge in [-0.15, -0.1) is 0 Å². The minimum absolute atomic E-state index is 0.312. The van der Waals surface area contributed by atoms with E-state index in [-0.39, 0.29) is 5.92 Å². The van der Waals surface area contributed by atoms with Crippen molar-refractivity contribution in [2.75, 3.05) is 20.1 Å². The maximum atomic E-state index is 10.8. The lowest BCUT2D eigenvalue weighted by molar-refractivity contribution is -0.141. The van der Waals surface area contributed by atoms with Gasteiger partial charge in [-0.25, -0.2) is 0 Å². The van der Waals surface area contributed by atoms with Gasteiger partial charge >= 0.3 is 5.97 Å². The minimum Gasteiger partial charge on any atom is -0.481 e. The van der Waals surface area contributed by atoms with E-state index in [9.17, 15) is 4.79 Å². The number of hydrogen-bond acceptors (Lipinski definition) is 2. The fourth-order valence-electron chi connectivity index (χ4n) is 2.03. The van der Waals surface area contributed by atoms with Gasteiger partial charge in [-0.2, -0.15) is 0 Å². The van der Waals surface area contributed by atoms with Gasteiger partial charge in [0.15, 0.2) is 0 Å². The number of likely N-dealkylation sites (N-methyl/N-ethyl adjacent to an activating group) is 1. The summed E-state index contributed by atoms with van der Waals surface area (Å²) in [5.41, 5.74) is 2.66. The standard InChI is InChI=1S/C16H25NO2/c1-12(2)15-7-5-14(6-8-15)9-10-17(4)11-13(3)16(18)19/h5-8,12-13H,9-11H2,1-4H3,(H,18,19). The zero-order chi connectivity index (χ0) is 14.4. The number of aliphatic carboxylic acids is 1. The molecule has 0 bridgehead atoms. The summed E-state index contributed by atoms with van der Waals surface area (Å²) in [4.78, 5) is 12.9. The van der Waals surface area contributed by atoms with Gasteiger partial charge in [0.05, 0.1) is 5.92 Å². The van der Waals surface area contributed by atoms with Crippen LogP contribution >= 0.6 is 0 Å². The van der Waals surface area contributed by atoms with E-state index in [2.05, 4.69) is 43.0 Å². The zero-order valence-corrected chi connectivity index (χ0v) is 12.4. The quantitative estimate of drug-likeness (QED) is 0.822. The molecular weight excluding hydrogens is 238 g/mol. The van der Waals surface area contributed by atoms with Gasteiger partial charge in [-0.3, -0.25) is 4.79 Å². The number of nitrogens with zero attached hydrogens (tertiary/aromatic N) is 1. The molecule has 1 atom stereocenters. The predicted octanol–water partition coefficient (Wildman–Crippen LogP) is 3.01. The first-order chi connectivity index (χ1) is 8.90. The lowest BCUT2D eigenvalue weighted by Gasteiger charge is -2.19. The molecule has 106 valence electrons. The van der Waals surface area contributed by atoms with Crippen LogP contribution in [0.5, 0.6) is 0 Å². The maximum absolute atomic E-state index is 10.8. The second kappa shape index (κ2) is 7.29. The molecule has 1 aromatic rings. The van der Waals surface area contributed by atoms with Crippen molar-refractivity contribution in [1.82, 2.24) is 4.90 Å². The fourth-order valence-corrected chi connectivity index (χ4v) is 2.03. The van der Waals surface area contributed by atoms with E-state index in [0.717, 1.165) is 13.0 Å². The molecule has 0 heterocycles. The third-order valence-corrected chi connectivity index (χ3v) is 3.44. The Morgan fingerprint density at radius 2 is 1.79 bits per heavy atom. The summed E-state index contributed by atoms with van der Waals surface area (Å²) in [7, 11) is 1.97. The van der Waals surface area contributed by atoms with Crippen LogP contribution < -0.4 is 0 Å². The van der Waals surface area contributed by atoms with Gasteiger partial charge in [-0.05, 0) is 30.5 Å². The third-order valence-electron chi connectivity index (χ3n) is 3.44. The van der Waals surface area contributed by atoms with Crippen LogP contribution in [0.25, 0.3) is 0 Å². The van der Waals surface area contributed by atoms with Gasteiger partial charge in [0.2, 0.25) is 0 Å². The SMILES string of the molecule is CC(CN(C)CCc1ccc(C(C)C)cc1)C(=O)O. The Morgan fingerprint density at radius 1 is 1.21 bits per heavy atom. The van der Waals surface area contributed by atoms with Crippen molar-refractivity contribution in [3.63, 3.8) is 0 Å². The molecule has 1 unspecified atom stereocenters. The van der Waals surface area contributed by atoms with Crippen molar-refractivity contribution in [3.05, 3.63) is 35.4 Å².